The molecule has 0 radical (unpaired) electrons. The van der Waals surface area contributed by atoms with Crippen LogP contribution in [-0.4, -0.2) is 30.2 Å². The first-order valence-electron chi connectivity index (χ1n) is 10.1. The number of piperidine rings is 1. The number of hydrogen-bond donors (Lipinski definition) is 1. The zero-order valence-corrected chi connectivity index (χ0v) is 18.9. The Morgan fingerprint density at radius 1 is 1.16 bits per heavy atom. The summed E-state index contributed by atoms with van der Waals surface area (Å²) in [6.45, 7) is 1.87. The average molecular weight is 539 g/mol. The standard InChI is InChI=1S/C23H21F3IN3O/c24-23(25,26)8-2-4-17-3-1-5-20(28-17)29-21(31)18-7-6-16(27)15-19(18)30-13-11-22(9-10-22)12-14-30/h1,3,5-7,15H,8-14H2,(H,28,29,31). The van der Waals surface area contributed by atoms with E-state index in [1.165, 1.54) is 18.9 Å². The first-order chi connectivity index (χ1) is 14.7. The van der Waals surface area contributed by atoms with Crippen LogP contribution >= 0.6 is 22.6 Å². The van der Waals surface area contributed by atoms with Gasteiger partial charge in [0.25, 0.3) is 5.91 Å². The number of nitrogens with one attached hydrogen (secondary N) is 1. The van der Waals surface area contributed by atoms with Gasteiger partial charge in [0.1, 0.15) is 17.9 Å². The van der Waals surface area contributed by atoms with E-state index >= 15 is 0 Å². The summed E-state index contributed by atoms with van der Waals surface area (Å²) in [6.07, 6.45) is -0.607. The zero-order chi connectivity index (χ0) is 22.1. The number of alkyl halides is 3. The maximum absolute atomic E-state index is 13.0. The maximum Gasteiger partial charge on any atom is 0.399 e. The van der Waals surface area contributed by atoms with Gasteiger partial charge in [-0.25, -0.2) is 4.98 Å². The van der Waals surface area contributed by atoms with Crippen LogP contribution in [0.5, 0.6) is 0 Å². The lowest BCUT2D eigenvalue weighted by atomic mass is 9.93. The molecule has 2 aliphatic rings. The van der Waals surface area contributed by atoms with Gasteiger partial charge in [0, 0.05) is 16.7 Å². The summed E-state index contributed by atoms with van der Waals surface area (Å²) in [7, 11) is 0. The summed E-state index contributed by atoms with van der Waals surface area (Å²) in [5, 5.41) is 2.76. The number of amides is 1. The fourth-order valence-electron chi connectivity index (χ4n) is 3.85. The SMILES string of the molecule is O=C(Nc1cccc(C#CCC(F)(F)F)n1)c1ccc(I)cc1N1CCC2(CC1)CC2. The highest BCUT2D eigenvalue weighted by atomic mass is 127. The monoisotopic (exact) mass is 539 g/mol. The quantitative estimate of drug-likeness (QED) is 0.407. The first kappa shape index (κ1) is 21.9. The Morgan fingerprint density at radius 3 is 2.58 bits per heavy atom. The van der Waals surface area contributed by atoms with Crippen LogP contribution in [0.15, 0.2) is 36.4 Å². The Labute approximate surface area is 192 Å². The molecule has 2 fully saturated rings. The fourth-order valence-corrected chi connectivity index (χ4v) is 4.32. The van der Waals surface area contributed by atoms with E-state index in [9.17, 15) is 18.0 Å². The number of aromatic nitrogens is 1. The van der Waals surface area contributed by atoms with Crippen molar-refractivity contribution >= 4 is 40.0 Å². The highest BCUT2D eigenvalue weighted by molar-refractivity contribution is 14.1. The molecule has 2 heterocycles. The summed E-state index contributed by atoms with van der Waals surface area (Å²) in [6, 6.07) is 10.4. The molecule has 1 saturated heterocycles. The minimum Gasteiger partial charge on any atom is -0.371 e. The molecule has 1 N–H and O–H groups in total. The van der Waals surface area contributed by atoms with E-state index in [2.05, 4.69) is 49.6 Å². The smallest absolute Gasteiger partial charge is 0.371 e. The Hall–Kier alpha value is -2.28. The van der Waals surface area contributed by atoms with E-state index in [0.29, 0.717) is 11.0 Å². The minimum absolute atomic E-state index is 0.177. The Kier molecular flexibility index (Phi) is 6.15. The van der Waals surface area contributed by atoms with Crippen LogP contribution in [0.2, 0.25) is 0 Å². The van der Waals surface area contributed by atoms with Gasteiger partial charge in [-0.3, -0.25) is 4.79 Å². The highest BCUT2D eigenvalue weighted by Crippen LogP contribution is 2.54. The minimum atomic E-state index is -4.34. The number of anilines is 2. The number of rotatable bonds is 3. The highest BCUT2D eigenvalue weighted by Gasteiger charge is 2.44. The normalized spacial score (nSPS) is 17.1. The Bertz CT molecular complexity index is 1040. The average Bonchev–Trinajstić information content (AvgIpc) is 3.46. The largest absolute Gasteiger partial charge is 0.399 e. The summed E-state index contributed by atoms with van der Waals surface area (Å²) in [5.74, 6) is 4.42. The first-order valence-corrected chi connectivity index (χ1v) is 11.2. The van der Waals surface area contributed by atoms with E-state index in [-0.39, 0.29) is 17.4 Å². The number of pyridine rings is 1. The van der Waals surface area contributed by atoms with E-state index in [4.69, 9.17) is 0 Å². The number of halogens is 4. The van der Waals surface area contributed by atoms with Gasteiger partial charge in [0.2, 0.25) is 0 Å². The van der Waals surface area contributed by atoms with Crippen molar-refractivity contribution in [3.8, 4) is 11.8 Å². The van der Waals surface area contributed by atoms with Crippen molar-refractivity contribution in [3.63, 3.8) is 0 Å². The number of benzene rings is 1. The molecule has 0 atom stereocenters. The fraction of sp³-hybridized carbons (Fsp3) is 0.391. The number of hydrogen-bond acceptors (Lipinski definition) is 3. The maximum atomic E-state index is 13.0. The molecule has 1 aromatic heterocycles. The van der Waals surface area contributed by atoms with Gasteiger partial charge in [0.15, 0.2) is 0 Å². The Balaban J connectivity index is 1.49. The summed E-state index contributed by atoms with van der Waals surface area (Å²) in [4.78, 5) is 19.4. The second-order valence-corrected chi connectivity index (χ2v) is 9.35. The molecule has 8 heteroatoms. The summed E-state index contributed by atoms with van der Waals surface area (Å²) >= 11 is 2.24. The zero-order valence-electron chi connectivity index (χ0n) is 16.7. The van der Waals surface area contributed by atoms with Crippen molar-refractivity contribution in [1.82, 2.24) is 4.98 Å². The van der Waals surface area contributed by atoms with Crippen molar-refractivity contribution in [2.75, 3.05) is 23.3 Å². The van der Waals surface area contributed by atoms with Crippen molar-refractivity contribution < 1.29 is 18.0 Å². The van der Waals surface area contributed by atoms with Crippen LogP contribution in [-0.2, 0) is 0 Å². The van der Waals surface area contributed by atoms with Gasteiger partial charge in [-0.1, -0.05) is 12.0 Å². The van der Waals surface area contributed by atoms with E-state index < -0.39 is 12.6 Å². The van der Waals surface area contributed by atoms with Crippen LogP contribution in [0.3, 0.4) is 0 Å². The molecule has 0 bridgehead atoms. The number of carbonyl (C=O) groups is 1. The number of carbonyl (C=O) groups excluding carboxylic acids is 1. The summed E-state index contributed by atoms with van der Waals surface area (Å²) in [5.41, 5.74) is 2.18. The third-order valence-electron chi connectivity index (χ3n) is 5.82. The predicted molar refractivity (Wildman–Crippen MR) is 122 cm³/mol. The molecule has 1 aliphatic carbocycles. The molecule has 31 heavy (non-hydrogen) atoms. The molecule has 1 amide bonds. The van der Waals surface area contributed by atoms with Gasteiger partial charge in [0.05, 0.1) is 11.3 Å². The molecule has 4 rings (SSSR count). The lowest BCUT2D eigenvalue weighted by Crippen LogP contribution is -2.35. The van der Waals surface area contributed by atoms with Gasteiger partial charge in [-0.2, -0.15) is 13.2 Å². The molecular weight excluding hydrogens is 518 g/mol. The van der Waals surface area contributed by atoms with Crippen molar-refractivity contribution in [2.24, 2.45) is 5.41 Å². The van der Waals surface area contributed by atoms with Crippen LogP contribution in [0.1, 0.15) is 48.2 Å². The van der Waals surface area contributed by atoms with Crippen molar-refractivity contribution in [1.29, 1.82) is 0 Å². The predicted octanol–water partition coefficient (Wildman–Crippen LogP) is 5.62. The molecule has 162 valence electrons. The summed E-state index contributed by atoms with van der Waals surface area (Å²) < 4.78 is 37.9. The van der Waals surface area contributed by atoms with Gasteiger partial charge >= 0.3 is 6.18 Å². The van der Waals surface area contributed by atoms with Gasteiger partial charge in [-0.15, -0.1) is 0 Å². The molecule has 0 unspecified atom stereocenters. The van der Waals surface area contributed by atoms with Crippen LogP contribution in [0.25, 0.3) is 0 Å². The second kappa shape index (κ2) is 8.69. The van der Waals surface area contributed by atoms with Gasteiger partial charge < -0.3 is 10.2 Å². The van der Waals surface area contributed by atoms with Crippen molar-refractivity contribution in [2.45, 2.75) is 38.3 Å². The third-order valence-corrected chi connectivity index (χ3v) is 6.49. The van der Waals surface area contributed by atoms with Crippen molar-refractivity contribution in [3.05, 3.63) is 51.2 Å². The molecule has 1 saturated carbocycles. The molecule has 1 spiro atoms. The lowest BCUT2D eigenvalue weighted by Gasteiger charge is -2.35. The molecular formula is C23H21F3IN3O. The topological polar surface area (TPSA) is 45.2 Å². The third kappa shape index (κ3) is 5.70. The van der Waals surface area contributed by atoms with Crippen LogP contribution < -0.4 is 10.2 Å². The molecule has 2 aromatic rings. The molecule has 1 aliphatic heterocycles. The van der Waals surface area contributed by atoms with E-state index in [1.54, 1.807) is 18.2 Å². The van der Waals surface area contributed by atoms with Gasteiger partial charge in [-0.05, 0) is 89.9 Å². The lowest BCUT2D eigenvalue weighted by molar-refractivity contribution is -0.123. The number of nitrogens with zero attached hydrogens (tertiary/aromatic N) is 2. The van der Waals surface area contributed by atoms with E-state index in [0.717, 1.165) is 35.2 Å². The van der Waals surface area contributed by atoms with Crippen LogP contribution in [0, 0.1) is 20.8 Å². The second-order valence-electron chi connectivity index (χ2n) is 8.10. The Morgan fingerprint density at radius 2 is 1.90 bits per heavy atom. The van der Waals surface area contributed by atoms with E-state index in [1.807, 2.05) is 12.1 Å². The molecule has 4 nitrogen and oxygen atoms in total. The molecule has 1 aromatic carbocycles. The van der Waals surface area contributed by atoms with Crippen LogP contribution in [0.4, 0.5) is 24.7 Å².